The van der Waals surface area contributed by atoms with E-state index in [1.807, 2.05) is 0 Å². The van der Waals surface area contributed by atoms with Crippen LogP contribution in [0.5, 0.6) is 0 Å². The summed E-state index contributed by atoms with van der Waals surface area (Å²) in [7, 11) is 0. The monoisotopic (exact) mass is 286 g/mol. The highest BCUT2D eigenvalue weighted by Gasteiger charge is 2.22. The molecule has 1 aromatic rings. The predicted molar refractivity (Wildman–Crippen MR) is 63.5 cm³/mol. The number of anilines is 1. The second-order valence-corrected chi connectivity index (χ2v) is 4.46. The van der Waals surface area contributed by atoms with Crippen molar-refractivity contribution in [3.05, 3.63) is 27.0 Å². The lowest BCUT2D eigenvalue weighted by molar-refractivity contribution is -0.384. The van der Waals surface area contributed by atoms with Gasteiger partial charge in [0.15, 0.2) is 0 Å². The number of hydrogen-bond donors (Lipinski definition) is 2. The number of hydrogen-bond acceptors (Lipinski definition) is 5. The molecule has 0 amide bonds. The molecule has 1 aliphatic heterocycles. The van der Waals surface area contributed by atoms with E-state index < -0.39 is 4.92 Å². The van der Waals surface area contributed by atoms with Gasteiger partial charge in [0, 0.05) is 18.8 Å². The zero-order valence-electron chi connectivity index (χ0n) is 8.44. The van der Waals surface area contributed by atoms with Crippen molar-refractivity contribution in [1.29, 1.82) is 0 Å². The Hall–Kier alpha value is -1.21. The Kier molecular flexibility index (Phi) is 3.35. The third-order valence-corrected chi connectivity index (χ3v) is 3.09. The van der Waals surface area contributed by atoms with Crippen LogP contribution in [-0.4, -0.2) is 29.0 Å². The standard InChI is InChI=1S/C9H11BrN4O2/c10-7-4-12-5-8(14(15)16)9(7)13-6-1-2-11-3-6/h4-6,11H,1-3H2,(H,12,13). The van der Waals surface area contributed by atoms with Crippen LogP contribution in [0, 0.1) is 10.1 Å². The Labute approximate surface area is 101 Å². The third-order valence-electron chi connectivity index (χ3n) is 2.49. The highest BCUT2D eigenvalue weighted by molar-refractivity contribution is 9.10. The molecule has 86 valence electrons. The minimum Gasteiger partial charge on any atom is -0.374 e. The molecule has 0 bridgehead atoms. The first kappa shape index (κ1) is 11.3. The van der Waals surface area contributed by atoms with Crippen LogP contribution in [0.3, 0.4) is 0 Å². The molecular formula is C9H11BrN4O2. The lowest BCUT2D eigenvalue weighted by Crippen LogP contribution is -2.22. The van der Waals surface area contributed by atoms with Crippen LogP contribution in [0.25, 0.3) is 0 Å². The summed E-state index contributed by atoms with van der Waals surface area (Å²) in [5, 5.41) is 17.2. The Balaban J connectivity index is 2.26. The van der Waals surface area contributed by atoms with Gasteiger partial charge in [0.1, 0.15) is 11.9 Å². The van der Waals surface area contributed by atoms with Crippen LogP contribution >= 0.6 is 15.9 Å². The summed E-state index contributed by atoms with van der Waals surface area (Å²) in [4.78, 5) is 14.2. The normalized spacial score (nSPS) is 19.7. The Morgan fingerprint density at radius 1 is 1.62 bits per heavy atom. The van der Waals surface area contributed by atoms with Gasteiger partial charge in [-0.3, -0.25) is 15.1 Å². The van der Waals surface area contributed by atoms with Gasteiger partial charge in [0.25, 0.3) is 0 Å². The van der Waals surface area contributed by atoms with Gasteiger partial charge in [-0.2, -0.15) is 0 Å². The van der Waals surface area contributed by atoms with E-state index in [1.54, 1.807) is 6.20 Å². The fourth-order valence-electron chi connectivity index (χ4n) is 1.69. The summed E-state index contributed by atoms with van der Waals surface area (Å²) in [6.07, 6.45) is 3.78. The van der Waals surface area contributed by atoms with Crippen molar-refractivity contribution in [3.63, 3.8) is 0 Å². The van der Waals surface area contributed by atoms with E-state index >= 15 is 0 Å². The fraction of sp³-hybridized carbons (Fsp3) is 0.444. The zero-order chi connectivity index (χ0) is 11.5. The van der Waals surface area contributed by atoms with E-state index in [1.165, 1.54) is 6.20 Å². The average Bonchev–Trinajstić information content (AvgIpc) is 2.73. The van der Waals surface area contributed by atoms with Gasteiger partial charge in [-0.25, -0.2) is 0 Å². The molecule has 2 rings (SSSR count). The van der Waals surface area contributed by atoms with E-state index in [0.717, 1.165) is 19.5 Å². The molecule has 1 saturated heterocycles. The molecule has 6 nitrogen and oxygen atoms in total. The quantitative estimate of drug-likeness (QED) is 0.651. The van der Waals surface area contributed by atoms with Crippen LogP contribution in [0.4, 0.5) is 11.4 Å². The molecular weight excluding hydrogens is 276 g/mol. The largest absolute Gasteiger partial charge is 0.374 e. The third kappa shape index (κ3) is 2.30. The summed E-state index contributed by atoms with van der Waals surface area (Å²) in [5.74, 6) is 0. The molecule has 0 saturated carbocycles. The van der Waals surface area contributed by atoms with Gasteiger partial charge in [0.2, 0.25) is 0 Å². The van der Waals surface area contributed by atoms with E-state index in [-0.39, 0.29) is 11.7 Å². The van der Waals surface area contributed by atoms with Crippen molar-refractivity contribution < 1.29 is 4.92 Å². The lowest BCUT2D eigenvalue weighted by Gasteiger charge is -2.13. The highest BCUT2D eigenvalue weighted by Crippen LogP contribution is 2.31. The maximum atomic E-state index is 10.8. The first-order valence-corrected chi connectivity index (χ1v) is 5.73. The van der Waals surface area contributed by atoms with Crippen molar-refractivity contribution >= 4 is 27.3 Å². The fourth-order valence-corrected chi connectivity index (χ4v) is 2.12. The van der Waals surface area contributed by atoms with Gasteiger partial charge in [-0.1, -0.05) is 0 Å². The molecule has 1 unspecified atom stereocenters. The summed E-state index contributed by atoms with van der Waals surface area (Å²) in [6.45, 7) is 1.76. The van der Waals surface area contributed by atoms with Crippen molar-refractivity contribution in [2.75, 3.05) is 18.4 Å². The molecule has 2 N–H and O–H groups in total. The molecule has 0 aromatic carbocycles. The molecule has 2 heterocycles. The maximum Gasteiger partial charge on any atom is 0.311 e. The van der Waals surface area contributed by atoms with Crippen molar-refractivity contribution in [1.82, 2.24) is 10.3 Å². The number of nitro groups is 1. The second kappa shape index (κ2) is 4.75. The molecule has 1 aromatic heterocycles. The van der Waals surface area contributed by atoms with Crippen LogP contribution in [0.2, 0.25) is 0 Å². The molecule has 1 fully saturated rings. The smallest absolute Gasteiger partial charge is 0.311 e. The van der Waals surface area contributed by atoms with Gasteiger partial charge in [-0.05, 0) is 28.9 Å². The summed E-state index contributed by atoms with van der Waals surface area (Å²) in [6, 6.07) is 0.234. The number of nitrogens with zero attached hydrogens (tertiary/aromatic N) is 2. The maximum absolute atomic E-state index is 10.8. The first-order chi connectivity index (χ1) is 7.68. The minimum atomic E-state index is -0.428. The summed E-state index contributed by atoms with van der Waals surface area (Å²) >= 11 is 3.27. The van der Waals surface area contributed by atoms with E-state index in [2.05, 4.69) is 31.5 Å². The summed E-state index contributed by atoms with van der Waals surface area (Å²) < 4.78 is 0.619. The molecule has 16 heavy (non-hydrogen) atoms. The molecule has 1 atom stereocenters. The molecule has 1 aliphatic rings. The highest BCUT2D eigenvalue weighted by atomic mass is 79.9. The van der Waals surface area contributed by atoms with Crippen LogP contribution < -0.4 is 10.6 Å². The minimum absolute atomic E-state index is 0.00118. The second-order valence-electron chi connectivity index (χ2n) is 3.61. The van der Waals surface area contributed by atoms with Crippen LogP contribution in [0.15, 0.2) is 16.9 Å². The van der Waals surface area contributed by atoms with Crippen LogP contribution in [0.1, 0.15) is 6.42 Å². The van der Waals surface area contributed by atoms with Crippen LogP contribution in [-0.2, 0) is 0 Å². The zero-order valence-corrected chi connectivity index (χ0v) is 10.0. The topological polar surface area (TPSA) is 80.1 Å². The Morgan fingerprint density at radius 3 is 3.06 bits per heavy atom. The number of aromatic nitrogens is 1. The van der Waals surface area contributed by atoms with Crippen molar-refractivity contribution in [2.45, 2.75) is 12.5 Å². The van der Waals surface area contributed by atoms with Gasteiger partial charge >= 0.3 is 5.69 Å². The number of rotatable bonds is 3. The SMILES string of the molecule is O=[N+]([O-])c1cncc(Br)c1NC1CCNC1. The number of pyridine rings is 1. The number of halogens is 1. The Bertz CT molecular complexity index is 406. The number of nitrogens with one attached hydrogen (secondary N) is 2. The molecule has 0 aliphatic carbocycles. The van der Waals surface area contributed by atoms with Gasteiger partial charge in [0.05, 0.1) is 9.40 Å². The van der Waals surface area contributed by atoms with E-state index in [9.17, 15) is 10.1 Å². The van der Waals surface area contributed by atoms with Gasteiger partial charge in [-0.15, -0.1) is 0 Å². The Morgan fingerprint density at radius 2 is 2.44 bits per heavy atom. The predicted octanol–water partition coefficient (Wildman–Crippen LogP) is 1.53. The first-order valence-electron chi connectivity index (χ1n) is 4.93. The van der Waals surface area contributed by atoms with E-state index in [4.69, 9.17) is 0 Å². The average molecular weight is 287 g/mol. The molecule has 0 radical (unpaired) electrons. The molecule has 0 spiro atoms. The van der Waals surface area contributed by atoms with Crippen molar-refractivity contribution in [3.8, 4) is 0 Å². The lowest BCUT2D eigenvalue weighted by atomic mass is 10.2. The molecule has 7 heteroatoms. The van der Waals surface area contributed by atoms with Gasteiger partial charge < -0.3 is 10.6 Å². The van der Waals surface area contributed by atoms with E-state index in [0.29, 0.717) is 10.2 Å². The summed E-state index contributed by atoms with van der Waals surface area (Å²) in [5.41, 5.74) is 0.509. The van der Waals surface area contributed by atoms with Crippen molar-refractivity contribution in [2.24, 2.45) is 0 Å².